The lowest BCUT2D eigenvalue weighted by atomic mass is 10.2. The Kier molecular flexibility index (Phi) is 2.68. The summed E-state index contributed by atoms with van der Waals surface area (Å²) < 4.78 is 15.0. The molecule has 5 heteroatoms. The monoisotopic (exact) mass is 276 g/mol. The van der Waals surface area contributed by atoms with Crippen LogP contribution in [0.15, 0.2) is 36.4 Å². The standard InChI is InChI=1S/C14H10ClFN2O/c1-18-12-7-9(16)3-4-11(12)17-14(18)8-2-5-13(19)10(15)6-8/h2-7,19H,1H3. The fourth-order valence-electron chi connectivity index (χ4n) is 2.07. The number of hydrogen-bond donors (Lipinski definition) is 1. The molecule has 0 atom stereocenters. The first-order valence-electron chi connectivity index (χ1n) is 5.67. The molecule has 0 saturated heterocycles. The number of benzene rings is 2. The lowest BCUT2D eigenvalue weighted by Crippen LogP contribution is -1.92. The Hall–Kier alpha value is -2.07. The van der Waals surface area contributed by atoms with Gasteiger partial charge in [0.1, 0.15) is 17.4 Å². The molecular weight excluding hydrogens is 267 g/mol. The van der Waals surface area contributed by atoms with E-state index in [9.17, 15) is 9.50 Å². The van der Waals surface area contributed by atoms with Gasteiger partial charge in [-0.15, -0.1) is 0 Å². The zero-order chi connectivity index (χ0) is 13.6. The summed E-state index contributed by atoms with van der Waals surface area (Å²) in [5.41, 5.74) is 2.18. The zero-order valence-electron chi connectivity index (χ0n) is 10.1. The van der Waals surface area contributed by atoms with E-state index in [4.69, 9.17) is 11.6 Å². The lowest BCUT2D eigenvalue weighted by molar-refractivity contribution is 0.475. The number of nitrogens with zero attached hydrogens (tertiary/aromatic N) is 2. The Morgan fingerprint density at radius 2 is 2.00 bits per heavy atom. The van der Waals surface area contributed by atoms with Crippen LogP contribution in [-0.4, -0.2) is 14.7 Å². The molecule has 0 aliphatic heterocycles. The van der Waals surface area contributed by atoms with Gasteiger partial charge in [-0.05, 0) is 36.4 Å². The van der Waals surface area contributed by atoms with Crippen LogP contribution in [-0.2, 0) is 7.05 Å². The SMILES string of the molecule is Cn1c(-c2ccc(O)c(Cl)c2)nc2ccc(F)cc21. The maximum absolute atomic E-state index is 13.3. The highest BCUT2D eigenvalue weighted by Gasteiger charge is 2.11. The summed E-state index contributed by atoms with van der Waals surface area (Å²) in [6, 6.07) is 9.32. The highest BCUT2D eigenvalue weighted by atomic mass is 35.5. The van der Waals surface area contributed by atoms with Gasteiger partial charge in [0, 0.05) is 12.6 Å². The smallest absolute Gasteiger partial charge is 0.140 e. The van der Waals surface area contributed by atoms with Crippen molar-refractivity contribution in [3.63, 3.8) is 0 Å². The van der Waals surface area contributed by atoms with Crippen molar-refractivity contribution in [1.82, 2.24) is 9.55 Å². The van der Waals surface area contributed by atoms with Gasteiger partial charge in [0.15, 0.2) is 0 Å². The molecule has 0 saturated carbocycles. The van der Waals surface area contributed by atoms with Crippen molar-refractivity contribution >= 4 is 22.6 Å². The van der Waals surface area contributed by atoms with Crippen LogP contribution in [0.2, 0.25) is 5.02 Å². The predicted molar refractivity (Wildman–Crippen MR) is 72.8 cm³/mol. The molecule has 2 aromatic carbocycles. The molecule has 1 heterocycles. The molecule has 0 fully saturated rings. The molecule has 1 N–H and O–H groups in total. The highest BCUT2D eigenvalue weighted by molar-refractivity contribution is 6.32. The summed E-state index contributed by atoms with van der Waals surface area (Å²) in [5.74, 6) is 0.392. The number of aryl methyl sites for hydroxylation is 1. The van der Waals surface area contributed by atoms with Gasteiger partial charge in [-0.3, -0.25) is 0 Å². The second-order valence-corrected chi connectivity index (χ2v) is 4.70. The molecule has 3 nitrogen and oxygen atoms in total. The number of halogens is 2. The number of aromatic nitrogens is 2. The van der Waals surface area contributed by atoms with Crippen LogP contribution in [0.1, 0.15) is 0 Å². The van der Waals surface area contributed by atoms with Crippen LogP contribution in [0.4, 0.5) is 4.39 Å². The average molecular weight is 277 g/mol. The van der Waals surface area contributed by atoms with Crippen molar-refractivity contribution in [3.05, 3.63) is 47.2 Å². The third-order valence-electron chi connectivity index (χ3n) is 3.05. The van der Waals surface area contributed by atoms with Crippen LogP contribution in [0.3, 0.4) is 0 Å². The summed E-state index contributed by atoms with van der Waals surface area (Å²) >= 11 is 5.89. The molecule has 0 bridgehead atoms. The summed E-state index contributed by atoms with van der Waals surface area (Å²) in [6.45, 7) is 0. The van der Waals surface area contributed by atoms with Crippen LogP contribution in [0.25, 0.3) is 22.4 Å². The number of phenolic OH excluding ortho intramolecular Hbond substituents is 1. The van der Waals surface area contributed by atoms with Crippen molar-refractivity contribution in [1.29, 1.82) is 0 Å². The average Bonchev–Trinajstić information content (AvgIpc) is 2.70. The number of fused-ring (bicyclic) bond motifs is 1. The molecule has 3 rings (SSSR count). The molecular formula is C14H10ClFN2O. The van der Waals surface area contributed by atoms with Crippen molar-refractivity contribution in [2.45, 2.75) is 0 Å². The Bertz CT molecular complexity index is 782. The second kappa shape index (κ2) is 4.24. The molecule has 0 unspecified atom stereocenters. The lowest BCUT2D eigenvalue weighted by Gasteiger charge is -2.04. The highest BCUT2D eigenvalue weighted by Crippen LogP contribution is 2.30. The van der Waals surface area contributed by atoms with Crippen molar-refractivity contribution < 1.29 is 9.50 Å². The van der Waals surface area contributed by atoms with Crippen molar-refractivity contribution in [2.24, 2.45) is 7.05 Å². The molecule has 0 aliphatic rings. The van der Waals surface area contributed by atoms with Gasteiger partial charge < -0.3 is 9.67 Å². The minimum atomic E-state index is -0.300. The summed E-state index contributed by atoms with van der Waals surface area (Å²) in [7, 11) is 1.81. The summed E-state index contributed by atoms with van der Waals surface area (Å²) in [6.07, 6.45) is 0. The number of phenols is 1. The van der Waals surface area contributed by atoms with E-state index in [1.165, 1.54) is 18.2 Å². The van der Waals surface area contributed by atoms with Gasteiger partial charge in [-0.2, -0.15) is 0 Å². The molecule has 1 aromatic heterocycles. The van der Waals surface area contributed by atoms with E-state index >= 15 is 0 Å². The minimum Gasteiger partial charge on any atom is -0.506 e. The van der Waals surface area contributed by atoms with Gasteiger partial charge in [0.2, 0.25) is 0 Å². The van der Waals surface area contributed by atoms with Gasteiger partial charge in [-0.25, -0.2) is 9.37 Å². The minimum absolute atomic E-state index is 0.0234. The predicted octanol–water partition coefficient (Wildman–Crippen LogP) is 3.74. The largest absolute Gasteiger partial charge is 0.506 e. The fourth-order valence-corrected chi connectivity index (χ4v) is 2.25. The Labute approximate surface area is 113 Å². The van der Waals surface area contributed by atoms with E-state index in [-0.39, 0.29) is 16.6 Å². The number of hydrogen-bond acceptors (Lipinski definition) is 2. The molecule has 19 heavy (non-hydrogen) atoms. The van der Waals surface area contributed by atoms with Crippen LogP contribution >= 0.6 is 11.6 Å². The Balaban J connectivity index is 2.24. The van der Waals surface area contributed by atoms with Gasteiger partial charge in [0.05, 0.1) is 16.1 Å². The molecule has 96 valence electrons. The number of rotatable bonds is 1. The maximum atomic E-state index is 13.3. The Morgan fingerprint density at radius 1 is 1.21 bits per heavy atom. The molecule has 3 aromatic rings. The third-order valence-corrected chi connectivity index (χ3v) is 3.35. The van der Waals surface area contributed by atoms with Gasteiger partial charge in [-0.1, -0.05) is 11.6 Å². The van der Waals surface area contributed by atoms with Gasteiger partial charge in [0.25, 0.3) is 0 Å². The van der Waals surface area contributed by atoms with Crippen LogP contribution in [0.5, 0.6) is 5.75 Å². The first kappa shape index (κ1) is 12.0. The second-order valence-electron chi connectivity index (χ2n) is 4.29. The first-order valence-corrected chi connectivity index (χ1v) is 6.05. The molecule has 0 aliphatic carbocycles. The summed E-state index contributed by atoms with van der Waals surface area (Å²) in [4.78, 5) is 4.45. The van der Waals surface area contributed by atoms with E-state index in [2.05, 4.69) is 4.98 Å². The summed E-state index contributed by atoms with van der Waals surface area (Å²) in [5, 5.41) is 9.69. The molecule has 0 amide bonds. The number of aromatic hydroxyl groups is 1. The molecule has 0 radical (unpaired) electrons. The third kappa shape index (κ3) is 1.94. The van der Waals surface area contributed by atoms with E-state index in [0.717, 1.165) is 5.56 Å². The first-order chi connectivity index (χ1) is 9.06. The van der Waals surface area contributed by atoms with Gasteiger partial charge >= 0.3 is 0 Å². The molecule has 0 spiro atoms. The van der Waals surface area contributed by atoms with E-state index in [0.29, 0.717) is 16.9 Å². The van der Waals surface area contributed by atoms with Crippen LogP contribution in [0, 0.1) is 5.82 Å². The van der Waals surface area contributed by atoms with Crippen LogP contribution < -0.4 is 0 Å². The van der Waals surface area contributed by atoms with Crippen molar-refractivity contribution in [3.8, 4) is 17.1 Å². The van der Waals surface area contributed by atoms with Crippen molar-refractivity contribution in [2.75, 3.05) is 0 Å². The topological polar surface area (TPSA) is 38.0 Å². The quantitative estimate of drug-likeness (QED) is 0.735. The van der Waals surface area contributed by atoms with E-state index in [1.807, 2.05) is 7.05 Å². The zero-order valence-corrected chi connectivity index (χ0v) is 10.8. The normalized spacial score (nSPS) is 11.1. The fraction of sp³-hybridized carbons (Fsp3) is 0.0714. The van der Waals surface area contributed by atoms with E-state index in [1.54, 1.807) is 22.8 Å². The van der Waals surface area contributed by atoms with E-state index < -0.39 is 0 Å². The maximum Gasteiger partial charge on any atom is 0.140 e. The Morgan fingerprint density at radius 3 is 2.74 bits per heavy atom. The number of imidazole rings is 1.